The zero-order chi connectivity index (χ0) is 18.0. The molecule has 1 aliphatic carbocycles. The van der Waals surface area contributed by atoms with Gasteiger partial charge in [-0.25, -0.2) is 18.1 Å². The molecule has 134 valence electrons. The minimum Gasteiger partial charge on any atom is -0.495 e. The number of ether oxygens (including phenoxy) is 1. The largest absolute Gasteiger partial charge is 0.495 e. The van der Waals surface area contributed by atoms with Gasteiger partial charge in [-0.3, -0.25) is 4.79 Å². The number of hydrogen-bond donors (Lipinski definition) is 3. The van der Waals surface area contributed by atoms with E-state index in [1.165, 1.54) is 36.6 Å². The molecule has 1 aromatic carbocycles. The fourth-order valence-corrected chi connectivity index (χ4v) is 4.12. The van der Waals surface area contributed by atoms with Crippen LogP contribution in [0.1, 0.15) is 28.3 Å². The Morgan fingerprint density at radius 2 is 2.20 bits per heavy atom. The number of hydrogen-bond acceptors (Lipinski definition) is 7. The average molecular weight is 382 g/mol. The van der Waals surface area contributed by atoms with E-state index in [0.29, 0.717) is 10.8 Å². The minimum atomic E-state index is -3.63. The second-order valence-corrected chi connectivity index (χ2v) is 8.20. The summed E-state index contributed by atoms with van der Waals surface area (Å²) >= 11 is 1.29. The summed E-state index contributed by atoms with van der Waals surface area (Å²) in [4.78, 5) is 16.5. The van der Waals surface area contributed by atoms with Gasteiger partial charge in [0.15, 0.2) is 0 Å². The maximum Gasteiger partial charge on any atom is 0.275 e. The van der Waals surface area contributed by atoms with E-state index in [9.17, 15) is 13.2 Å². The molecule has 0 atom stereocenters. The van der Waals surface area contributed by atoms with Crippen LogP contribution in [0.15, 0.2) is 28.5 Å². The number of nitrogens with two attached hydrogens (primary N) is 1. The van der Waals surface area contributed by atoms with Crippen LogP contribution < -0.4 is 20.5 Å². The second-order valence-electron chi connectivity index (χ2n) is 5.54. The normalized spacial score (nSPS) is 14.3. The van der Waals surface area contributed by atoms with Crippen LogP contribution in [0.2, 0.25) is 0 Å². The molecule has 1 fully saturated rings. The summed E-state index contributed by atoms with van der Waals surface area (Å²) in [7, 11) is -2.19. The SMILES string of the molecule is COc1ccc(S(=O)(=O)NC2CC2)cc1NC(=O)c1csc(CN)n1. The molecular weight excluding hydrogens is 364 g/mol. The third kappa shape index (κ3) is 4.15. The Morgan fingerprint density at radius 3 is 2.80 bits per heavy atom. The minimum absolute atomic E-state index is 0.00478. The van der Waals surface area contributed by atoms with Crippen molar-refractivity contribution in [3.63, 3.8) is 0 Å². The number of carbonyl (C=O) groups is 1. The summed E-state index contributed by atoms with van der Waals surface area (Å²) in [5.41, 5.74) is 5.97. The summed E-state index contributed by atoms with van der Waals surface area (Å²) in [5, 5.41) is 4.88. The number of nitrogens with one attached hydrogen (secondary N) is 2. The number of nitrogens with zero attached hydrogens (tertiary/aromatic N) is 1. The fourth-order valence-electron chi connectivity index (χ4n) is 2.14. The number of sulfonamides is 1. The molecule has 0 aliphatic heterocycles. The Kier molecular flexibility index (Phi) is 5.04. The molecule has 0 bridgehead atoms. The number of anilines is 1. The summed E-state index contributed by atoms with van der Waals surface area (Å²) < 4.78 is 32.5. The van der Waals surface area contributed by atoms with Crippen molar-refractivity contribution >= 4 is 33.0 Å². The number of thiazole rings is 1. The number of benzene rings is 1. The molecule has 4 N–H and O–H groups in total. The molecule has 1 aliphatic rings. The Morgan fingerprint density at radius 1 is 1.44 bits per heavy atom. The Labute approximate surface area is 149 Å². The highest BCUT2D eigenvalue weighted by molar-refractivity contribution is 7.89. The Bertz CT molecular complexity index is 891. The third-order valence-electron chi connectivity index (χ3n) is 3.59. The van der Waals surface area contributed by atoms with Crippen LogP contribution in [0.5, 0.6) is 5.75 Å². The zero-order valence-electron chi connectivity index (χ0n) is 13.5. The smallest absolute Gasteiger partial charge is 0.275 e. The molecule has 8 nitrogen and oxygen atoms in total. The molecule has 1 amide bonds. The van der Waals surface area contributed by atoms with Crippen LogP contribution in [0, 0.1) is 0 Å². The first kappa shape index (κ1) is 17.8. The van der Waals surface area contributed by atoms with E-state index in [2.05, 4.69) is 15.0 Å². The molecule has 0 spiro atoms. The molecule has 2 aromatic rings. The van der Waals surface area contributed by atoms with Crippen molar-refractivity contribution in [2.24, 2.45) is 5.73 Å². The first-order valence-corrected chi connectivity index (χ1v) is 9.95. The van der Waals surface area contributed by atoms with Crippen LogP contribution in [0.25, 0.3) is 0 Å². The predicted molar refractivity (Wildman–Crippen MR) is 94.3 cm³/mol. The molecule has 0 radical (unpaired) electrons. The zero-order valence-corrected chi connectivity index (χ0v) is 15.1. The van der Waals surface area contributed by atoms with Crippen molar-refractivity contribution in [1.82, 2.24) is 9.71 Å². The van der Waals surface area contributed by atoms with Crippen molar-refractivity contribution < 1.29 is 17.9 Å². The first-order valence-electron chi connectivity index (χ1n) is 7.59. The summed E-state index contributed by atoms with van der Waals surface area (Å²) in [6.45, 7) is 0.252. The summed E-state index contributed by atoms with van der Waals surface area (Å²) in [6, 6.07) is 4.31. The van der Waals surface area contributed by atoms with Crippen molar-refractivity contribution in [2.75, 3.05) is 12.4 Å². The molecule has 1 heterocycles. The first-order chi connectivity index (χ1) is 11.9. The molecular formula is C15H18N4O4S2. The number of carbonyl (C=O) groups excluding carboxylic acids is 1. The topological polar surface area (TPSA) is 123 Å². The molecule has 10 heteroatoms. The van der Waals surface area contributed by atoms with Crippen LogP contribution in [-0.4, -0.2) is 32.5 Å². The van der Waals surface area contributed by atoms with E-state index in [-0.39, 0.29) is 28.9 Å². The van der Waals surface area contributed by atoms with E-state index < -0.39 is 15.9 Å². The van der Waals surface area contributed by atoms with Gasteiger partial charge in [0, 0.05) is 18.0 Å². The molecule has 0 saturated heterocycles. The van der Waals surface area contributed by atoms with Crippen molar-refractivity contribution in [1.29, 1.82) is 0 Å². The number of methoxy groups -OCH3 is 1. The lowest BCUT2D eigenvalue weighted by Gasteiger charge is -2.12. The number of aromatic nitrogens is 1. The van der Waals surface area contributed by atoms with Gasteiger partial charge in [-0.2, -0.15) is 0 Å². The van der Waals surface area contributed by atoms with Crippen molar-refractivity contribution in [3.05, 3.63) is 34.3 Å². The maximum absolute atomic E-state index is 12.3. The highest BCUT2D eigenvalue weighted by Gasteiger charge is 2.28. The van der Waals surface area contributed by atoms with E-state index in [1.807, 2.05) is 0 Å². The summed E-state index contributed by atoms with van der Waals surface area (Å²) in [6.07, 6.45) is 1.68. The number of amides is 1. The van der Waals surface area contributed by atoms with Gasteiger partial charge in [-0.15, -0.1) is 11.3 Å². The van der Waals surface area contributed by atoms with Crippen LogP contribution in [-0.2, 0) is 16.6 Å². The molecule has 1 aromatic heterocycles. The lowest BCUT2D eigenvalue weighted by Crippen LogP contribution is -2.26. The van der Waals surface area contributed by atoms with Gasteiger partial charge >= 0.3 is 0 Å². The van der Waals surface area contributed by atoms with Crippen LogP contribution in [0.3, 0.4) is 0 Å². The quantitative estimate of drug-likeness (QED) is 0.663. The monoisotopic (exact) mass is 382 g/mol. The molecule has 25 heavy (non-hydrogen) atoms. The standard InChI is InChI=1S/C15H18N4O4S2/c1-23-13-5-4-10(25(21,22)19-9-2-3-9)6-11(13)18-15(20)12-8-24-14(7-16)17-12/h4-6,8-9,19H,2-3,7,16H2,1H3,(H,18,20). The van der Waals surface area contributed by atoms with E-state index >= 15 is 0 Å². The average Bonchev–Trinajstić information content (AvgIpc) is 3.25. The lowest BCUT2D eigenvalue weighted by atomic mass is 10.3. The maximum atomic E-state index is 12.3. The van der Waals surface area contributed by atoms with E-state index in [0.717, 1.165) is 12.8 Å². The lowest BCUT2D eigenvalue weighted by molar-refractivity contribution is 0.102. The van der Waals surface area contributed by atoms with Crippen LogP contribution >= 0.6 is 11.3 Å². The third-order valence-corrected chi connectivity index (χ3v) is 5.98. The van der Waals surface area contributed by atoms with Gasteiger partial charge in [0.1, 0.15) is 16.5 Å². The van der Waals surface area contributed by atoms with E-state index in [4.69, 9.17) is 10.5 Å². The van der Waals surface area contributed by atoms with E-state index in [1.54, 1.807) is 5.38 Å². The van der Waals surface area contributed by atoms with Crippen molar-refractivity contribution in [3.8, 4) is 5.75 Å². The van der Waals surface area contributed by atoms with Gasteiger partial charge in [0.25, 0.3) is 5.91 Å². The summed E-state index contributed by atoms with van der Waals surface area (Å²) in [5.74, 6) is -0.105. The highest BCUT2D eigenvalue weighted by atomic mass is 32.2. The molecule has 0 unspecified atom stereocenters. The van der Waals surface area contributed by atoms with Gasteiger partial charge < -0.3 is 15.8 Å². The predicted octanol–water partition coefficient (Wildman–Crippen LogP) is 1.30. The van der Waals surface area contributed by atoms with Crippen LogP contribution in [0.4, 0.5) is 5.69 Å². The van der Waals surface area contributed by atoms with Gasteiger partial charge in [0.2, 0.25) is 10.0 Å². The molecule has 3 rings (SSSR count). The number of rotatable bonds is 7. The second kappa shape index (κ2) is 7.08. The van der Waals surface area contributed by atoms with Gasteiger partial charge in [-0.1, -0.05) is 0 Å². The Hall–Kier alpha value is -2.01. The highest BCUT2D eigenvalue weighted by Crippen LogP contribution is 2.29. The van der Waals surface area contributed by atoms with Gasteiger partial charge in [-0.05, 0) is 31.0 Å². The Balaban J connectivity index is 1.85. The fraction of sp³-hybridized carbons (Fsp3) is 0.333. The molecule has 1 saturated carbocycles. The van der Waals surface area contributed by atoms with Gasteiger partial charge in [0.05, 0.1) is 17.7 Å². The van der Waals surface area contributed by atoms with Crippen molar-refractivity contribution in [2.45, 2.75) is 30.3 Å².